The van der Waals surface area contributed by atoms with E-state index in [9.17, 15) is 8.42 Å². The molecule has 1 saturated heterocycles. The fraction of sp³-hybridized carbons (Fsp3) is 0.588. The average Bonchev–Trinajstić information content (AvgIpc) is 2.96. The quantitative estimate of drug-likeness (QED) is 0.831. The highest BCUT2D eigenvalue weighted by molar-refractivity contribution is 7.86. The number of hydrogen-bond donors (Lipinski definition) is 0. The molecule has 1 aromatic carbocycles. The highest BCUT2D eigenvalue weighted by Gasteiger charge is 2.36. The first-order chi connectivity index (χ1) is 10.8. The van der Waals surface area contributed by atoms with E-state index < -0.39 is 10.2 Å². The minimum absolute atomic E-state index is 0.198. The predicted octanol–water partition coefficient (Wildman–Crippen LogP) is 2.57. The number of nitrogens with zero attached hydrogens (tertiary/aromatic N) is 3. The minimum Gasteiger partial charge on any atom is -0.198 e. The normalized spacial score (nSPS) is 20.6. The van der Waals surface area contributed by atoms with Crippen LogP contribution in [0.2, 0.25) is 0 Å². The lowest BCUT2D eigenvalue weighted by Crippen LogP contribution is -2.44. The molecule has 1 aromatic rings. The zero-order valence-corrected chi connectivity index (χ0v) is 15.1. The van der Waals surface area contributed by atoms with Gasteiger partial charge in [0.2, 0.25) is 0 Å². The summed E-state index contributed by atoms with van der Waals surface area (Å²) in [6.07, 6.45) is 1.03. The standard InChI is InChI=1S/C17H25N3O2S/c1-13-9-14(2)11-17(10-13)16-6-8-20(12-16)23(21,22)19(4)15(3)5-7-18/h9-11,15-16H,5-6,8,12H2,1-4H3/t15-,16+/m0/s1. The van der Waals surface area contributed by atoms with E-state index in [4.69, 9.17) is 5.26 Å². The molecular weight excluding hydrogens is 310 g/mol. The number of rotatable bonds is 5. The molecule has 0 aromatic heterocycles. The van der Waals surface area contributed by atoms with Crippen LogP contribution in [0.1, 0.15) is 42.4 Å². The van der Waals surface area contributed by atoms with Gasteiger partial charge in [0.1, 0.15) is 0 Å². The van der Waals surface area contributed by atoms with E-state index in [0.717, 1.165) is 6.42 Å². The van der Waals surface area contributed by atoms with E-state index in [0.29, 0.717) is 13.1 Å². The molecule has 23 heavy (non-hydrogen) atoms. The van der Waals surface area contributed by atoms with Gasteiger partial charge in [-0.15, -0.1) is 0 Å². The summed E-state index contributed by atoms with van der Waals surface area (Å²) in [5.41, 5.74) is 3.63. The second kappa shape index (κ2) is 7.00. The molecule has 6 heteroatoms. The van der Waals surface area contributed by atoms with Crippen LogP contribution >= 0.6 is 0 Å². The molecule has 0 aliphatic carbocycles. The van der Waals surface area contributed by atoms with Crippen molar-refractivity contribution in [1.29, 1.82) is 5.26 Å². The smallest absolute Gasteiger partial charge is 0.198 e. The summed E-state index contributed by atoms with van der Waals surface area (Å²) in [4.78, 5) is 0. The molecule has 0 bridgehead atoms. The first-order valence-electron chi connectivity index (χ1n) is 7.94. The van der Waals surface area contributed by atoms with Crippen molar-refractivity contribution in [3.63, 3.8) is 0 Å². The van der Waals surface area contributed by atoms with Crippen molar-refractivity contribution in [2.24, 2.45) is 0 Å². The maximum absolute atomic E-state index is 12.7. The number of nitriles is 1. The monoisotopic (exact) mass is 335 g/mol. The van der Waals surface area contributed by atoms with Gasteiger partial charge in [-0.2, -0.15) is 22.3 Å². The van der Waals surface area contributed by atoms with E-state index in [1.807, 2.05) is 6.07 Å². The van der Waals surface area contributed by atoms with Gasteiger partial charge < -0.3 is 0 Å². The van der Waals surface area contributed by atoms with E-state index in [1.165, 1.54) is 21.0 Å². The molecule has 0 unspecified atom stereocenters. The van der Waals surface area contributed by atoms with Crippen LogP contribution in [-0.2, 0) is 10.2 Å². The summed E-state index contributed by atoms with van der Waals surface area (Å²) in [6.45, 7) is 6.94. The van der Waals surface area contributed by atoms with Crippen LogP contribution in [-0.4, -0.2) is 43.2 Å². The van der Waals surface area contributed by atoms with Crippen LogP contribution in [0.25, 0.3) is 0 Å². The Bertz CT molecular complexity index is 689. The molecule has 0 amide bonds. The predicted molar refractivity (Wildman–Crippen MR) is 91.2 cm³/mol. The third-order valence-corrected chi connectivity index (χ3v) is 6.64. The van der Waals surface area contributed by atoms with Crippen molar-refractivity contribution < 1.29 is 8.42 Å². The summed E-state index contributed by atoms with van der Waals surface area (Å²) in [5, 5.41) is 8.77. The van der Waals surface area contributed by atoms with E-state index in [2.05, 4.69) is 32.0 Å². The fourth-order valence-corrected chi connectivity index (χ4v) is 4.72. The first-order valence-corrected chi connectivity index (χ1v) is 9.33. The van der Waals surface area contributed by atoms with Crippen molar-refractivity contribution in [3.8, 4) is 6.07 Å². The van der Waals surface area contributed by atoms with Crippen molar-refractivity contribution in [1.82, 2.24) is 8.61 Å². The summed E-state index contributed by atoms with van der Waals surface area (Å²) in [6, 6.07) is 8.15. The summed E-state index contributed by atoms with van der Waals surface area (Å²) in [7, 11) is -1.95. The Labute approximate surface area is 139 Å². The van der Waals surface area contributed by atoms with Crippen LogP contribution in [0.3, 0.4) is 0 Å². The molecule has 2 atom stereocenters. The van der Waals surface area contributed by atoms with Gasteiger partial charge in [0.25, 0.3) is 10.2 Å². The molecule has 1 heterocycles. The van der Waals surface area contributed by atoms with Crippen LogP contribution in [0.15, 0.2) is 18.2 Å². The molecule has 0 saturated carbocycles. The van der Waals surface area contributed by atoms with Crippen LogP contribution in [0.4, 0.5) is 0 Å². The molecule has 1 fully saturated rings. The molecular formula is C17H25N3O2S. The van der Waals surface area contributed by atoms with Gasteiger partial charge in [0, 0.05) is 26.2 Å². The fourth-order valence-electron chi connectivity index (χ4n) is 3.13. The lowest BCUT2D eigenvalue weighted by Gasteiger charge is -2.27. The Morgan fingerprint density at radius 2 is 1.96 bits per heavy atom. The van der Waals surface area contributed by atoms with Gasteiger partial charge >= 0.3 is 0 Å². The molecule has 0 N–H and O–H groups in total. The third kappa shape index (κ3) is 3.92. The Morgan fingerprint density at radius 1 is 1.35 bits per heavy atom. The Kier molecular flexibility index (Phi) is 5.45. The Morgan fingerprint density at radius 3 is 2.52 bits per heavy atom. The van der Waals surface area contributed by atoms with Gasteiger partial charge in [0.05, 0.1) is 12.5 Å². The van der Waals surface area contributed by atoms with Gasteiger partial charge in [0.15, 0.2) is 0 Å². The maximum atomic E-state index is 12.7. The van der Waals surface area contributed by atoms with Crippen LogP contribution < -0.4 is 0 Å². The van der Waals surface area contributed by atoms with Crippen molar-refractivity contribution in [2.75, 3.05) is 20.1 Å². The number of benzene rings is 1. The van der Waals surface area contributed by atoms with Gasteiger partial charge in [-0.1, -0.05) is 29.3 Å². The van der Waals surface area contributed by atoms with E-state index >= 15 is 0 Å². The lowest BCUT2D eigenvalue weighted by molar-refractivity contribution is 0.347. The first kappa shape index (κ1) is 17.9. The Balaban J connectivity index is 2.14. The van der Waals surface area contributed by atoms with Crippen LogP contribution in [0, 0.1) is 25.2 Å². The molecule has 0 radical (unpaired) electrons. The molecule has 2 rings (SSSR count). The van der Waals surface area contributed by atoms with Crippen molar-refractivity contribution in [3.05, 3.63) is 34.9 Å². The second-order valence-corrected chi connectivity index (χ2v) is 8.49. The second-order valence-electron chi connectivity index (χ2n) is 6.50. The maximum Gasteiger partial charge on any atom is 0.282 e. The van der Waals surface area contributed by atoms with Gasteiger partial charge in [-0.05, 0) is 38.7 Å². The number of hydrogen-bond acceptors (Lipinski definition) is 3. The van der Waals surface area contributed by atoms with Crippen LogP contribution in [0.5, 0.6) is 0 Å². The molecule has 0 spiro atoms. The highest BCUT2D eigenvalue weighted by Crippen LogP contribution is 2.31. The highest BCUT2D eigenvalue weighted by atomic mass is 32.2. The molecule has 1 aliphatic rings. The SMILES string of the molecule is Cc1cc(C)cc([C@@H]2CCN(S(=O)(=O)N(C)[C@@H](C)CC#N)C2)c1. The lowest BCUT2D eigenvalue weighted by atomic mass is 9.95. The summed E-state index contributed by atoms with van der Waals surface area (Å²) < 4.78 is 28.3. The molecule has 126 valence electrons. The summed E-state index contributed by atoms with van der Waals surface area (Å²) >= 11 is 0. The largest absolute Gasteiger partial charge is 0.282 e. The van der Waals surface area contributed by atoms with E-state index in [-0.39, 0.29) is 18.4 Å². The topological polar surface area (TPSA) is 64.4 Å². The summed E-state index contributed by atoms with van der Waals surface area (Å²) in [5.74, 6) is 0.239. The van der Waals surface area contributed by atoms with Crippen molar-refractivity contribution in [2.45, 2.75) is 45.6 Å². The zero-order chi connectivity index (χ0) is 17.2. The van der Waals surface area contributed by atoms with Crippen molar-refractivity contribution >= 4 is 10.2 Å². The minimum atomic E-state index is -3.51. The average molecular weight is 335 g/mol. The molecule has 5 nitrogen and oxygen atoms in total. The van der Waals surface area contributed by atoms with Gasteiger partial charge in [-0.3, -0.25) is 0 Å². The number of aryl methyl sites for hydroxylation is 2. The third-order valence-electron chi connectivity index (χ3n) is 4.56. The molecule has 1 aliphatic heterocycles. The Hall–Kier alpha value is -1.42. The van der Waals surface area contributed by atoms with Gasteiger partial charge in [-0.25, -0.2) is 0 Å². The zero-order valence-electron chi connectivity index (χ0n) is 14.3. The van der Waals surface area contributed by atoms with E-state index in [1.54, 1.807) is 18.3 Å².